The number of rotatable bonds is 4. The average Bonchev–Trinajstić information content (AvgIpc) is 2.35. The first kappa shape index (κ1) is 10.7. The third-order valence-corrected chi connectivity index (χ3v) is 2.54. The molecule has 2 nitrogen and oxygen atoms in total. The van der Waals surface area contributed by atoms with Gasteiger partial charge in [-0.05, 0) is 22.5 Å². The summed E-state index contributed by atoms with van der Waals surface area (Å²) in [6.45, 7) is 1.40. The molecule has 0 bridgehead atoms. The Morgan fingerprint density at radius 3 is 2.75 bits per heavy atom. The van der Waals surface area contributed by atoms with Gasteiger partial charge in [0, 0.05) is 13.1 Å². The molecule has 0 heterocycles. The smallest absolute Gasteiger partial charge is 0.0401 e. The average molecular weight is 212 g/mol. The van der Waals surface area contributed by atoms with Gasteiger partial charge in [0.2, 0.25) is 0 Å². The monoisotopic (exact) mass is 212 g/mol. The second-order valence-corrected chi connectivity index (χ2v) is 3.66. The summed E-state index contributed by atoms with van der Waals surface area (Å²) in [5.41, 5.74) is 6.68. The molecule has 0 fully saturated rings. The maximum absolute atomic E-state index is 5.37. The van der Waals surface area contributed by atoms with E-state index in [1.807, 2.05) is 12.3 Å². The van der Waals surface area contributed by atoms with E-state index in [0.717, 1.165) is 6.54 Å². The maximum atomic E-state index is 5.37. The summed E-state index contributed by atoms with van der Waals surface area (Å²) in [4.78, 5) is 0. The van der Waals surface area contributed by atoms with Gasteiger partial charge in [0.05, 0.1) is 0 Å². The third-order valence-electron chi connectivity index (χ3n) is 2.54. The zero-order valence-corrected chi connectivity index (χ0v) is 9.19. The van der Waals surface area contributed by atoms with Crippen LogP contribution in [0.5, 0.6) is 0 Å². The minimum Gasteiger partial charge on any atom is -0.387 e. The van der Waals surface area contributed by atoms with Gasteiger partial charge in [-0.3, -0.25) is 0 Å². The molecule has 0 aliphatic heterocycles. The van der Waals surface area contributed by atoms with Crippen molar-refractivity contribution in [3.63, 3.8) is 0 Å². The van der Waals surface area contributed by atoms with Crippen molar-refractivity contribution in [2.24, 2.45) is 5.73 Å². The van der Waals surface area contributed by atoms with Crippen LogP contribution in [-0.2, 0) is 6.54 Å². The lowest BCUT2D eigenvalue weighted by atomic mass is 10.0. The van der Waals surface area contributed by atoms with E-state index in [2.05, 4.69) is 47.8 Å². The third kappa shape index (κ3) is 2.41. The van der Waals surface area contributed by atoms with Crippen LogP contribution in [0.15, 0.2) is 54.7 Å². The van der Waals surface area contributed by atoms with Gasteiger partial charge in [0.25, 0.3) is 0 Å². The fourth-order valence-corrected chi connectivity index (χ4v) is 1.77. The Hall–Kier alpha value is -1.80. The molecule has 0 spiro atoms. The molecule has 0 radical (unpaired) electrons. The van der Waals surface area contributed by atoms with E-state index in [1.54, 1.807) is 0 Å². The lowest BCUT2D eigenvalue weighted by Crippen LogP contribution is -2.06. The van der Waals surface area contributed by atoms with Crippen LogP contribution < -0.4 is 11.1 Å². The van der Waals surface area contributed by atoms with E-state index in [-0.39, 0.29) is 0 Å². The molecule has 0 aliphatic carbocycles. The summed E-state index contributed by atoms with van der Waals surface area (Å²) < 4.78 is 0. The van der Waals surface area contributed by atoms with Gasteiger partial charge >= 0.3 is 0 Å². The molecule has 0 unspecified atom stereocenters. The standard InChI is InChI=1S/C14H16N2/c15-9-4-10-16-11-13-7-3-6-12-5-1-2-8-14(12)13/h1-8,10,16H,9,11,15H2/b10-4-. The Kier molecular flexibility index (Phi) is 3.57. The second kappa shape index (κ2) is 5.33. The number of hydrogen-bond acceptors (Lipinski definition) is 2. The Balaban J connectivity index is 2.20. The highest BCUT2D eigenvalue weighted by Gasteiger charge is 1.97. The van der Waals surface area contributed by atoms with Crippen molar-refractivity contribution < 1.29 is 0 Å². The first-order valence-corrected chi connectivity index (χ1v) is 5.47. The van der Waals surface area contributed by atoms with E-state index in [0.29, 0.717) is 6.54 Å². The predicted molar refractivity (Wildman–Crippen MR) is 69.0 cm³/mol. The largest absolute Gasteiger partial charge is 0.387 e. The molecule has 2 heteroatoms. The van der Waals surface area contributed by atoms with E-state index < -0.39 is 0 Å². The highest BCUT2D eigenvalue weighted by atomic mass is 14.8. The topological polar surface area (TPSA) is 38.0 Å². The first-order valence-electron chi connectivity index (χ1n) is 5.47. The van der Waals surface area contributed by atoms with Crippen LogP contribution >= 0.6 is 0 Å². The first-order chi connectivity index (χ1) is 7.92. The van der Waals surface area contributed by atoms with E-state index >= 15 is 0 Å². The molecular weight excluding hydrogens is 196 g/mol. The normalized spacial score (nSPS) is 11.1. The number of hydrogen-bond donors (Lipinski definition) is 2. The van der Waals surface area contributed by atoms with E-state index in [4.69, 9.17) is 5.73 Å². The van der Waals surface area contributed by atoms with Crippen LogP contribution in [0, 0.1) is 0 Å². The fraction of sp³-hybridized carbons (Fsp3) is 0.143. The highest BCUT2D eigenvalue weighted by Crippen LogP contribution is 2.17. The van der Waals surface area contributed by atoms with Crippen molar-refractivity contribution in [1.29, 1.82) is 0 Å². The lowest BCUT2D eigenvalue weighted by molar-refractivity contribution is 0.872. The molecule has 3 N–H and O–H groups in total. The minimum absolute atomic E-state index is 0.572. The molecule has 2 aromatic rings. The van der Waals surface area contributed by atoms with Crippen LogP contribution in [-0.4, -0.2) is 6.54 Å². The van der Waals surface area contributed by atoms with E-state index in [1.165, 1.54) is 16.3 Å². The Morgan fingerprint density at radius 1 is 1.06 bits per heavy atom. The molecule has 0 atom stereocenters. The van der Waals surface area contributed by atoms with Crippen molar-refractivity contribution in [1.82, 2.24) is 5.32 Å². The molecule has 82 valence electrons. The molecule has 2 rings (SSSR count). The zero-order valence-electron chi connectivity index (χ0n) is 9.19. The Morgan fingerprint density at radius 2 is 1.88 bits per heavy atom. The summed E-state index contributed by atoms with van der Waals surface area (Å²) >= 11 is 0. The fourth-order valence-electron chi connectivity index (χ4n) is 1.77. The Labute approximate surface area is 95.8 Å². The van der Waals surface area contributed by atoms with Crippen molar-refractivity contribution in [3.05, 3.63) is 60.3 Å². The zero-order chi connectivity index (χ0) is 11.2. The predicted octanol–water partition coefficient (Wildman–Crippen LogP) is 2.40. The SMILES string of the molecule is NC/C=C\NCc1cccc2ccccc12. The maximum Gasteiger partial charge on any atom is 0.0401 e. The molecule has 16 heavy (non-hydrogen) atoms. The van der Waals surface area contributed by atoms with Gasteiger partial charge in [0.1, 0.15) is 0 Å². The van der Waals surface area contributed by atoms with Gasteiger partial charge < -0.3 is 11.1 Å². The summed E-state index contributed by atoms with van der Waals surface area (Å²) in [7, 11) is 0. The van der Waals surface area contributed by atoms with Crippen molar-refractivity contribution >= 4 is 10.8 Å². The van der Waals surface area contributed by atoms with E-state index in [9.17, 15) is 0 Å². The molecule has 0 saturated heterocycles. The van der Waals surface area contributed by atoms with Gasteiger partial charge in [-0.2, -0.15) is 0 Å². The highest BCUT2D eigenvalue weighted by molar-refractivity contribution is 5.85. The van der Waals surface area contributed by atoms with Crippen LogP contribution in [0.1, 0.15) is 5.56 Å². The number of nitrogens with two attached hydrogens (primary N) is 1. The van der Waals surface area contributed by atoms with Crippen LogP contribution in [0.3, 0.4) is 0 Å². The molecular formula is C14H16N2. The number of nitrogens with one attached hydrogen (secondary N) is 1. The van der Waals surface area contributed by atoms with Crippen molar-refractivity contribution in [2.75, 3.05) is 6.54 Å². The number of fused-ring (bicyclic) bond motifs is 1. The molecule has 0 amide bonds. The second-order valence-electron chi connectivity index (χ2n) is 3.66. The molecule has 0 aromatic heterocycles. The van der Waals surface area contributed by atoms with Gasteiger partial charge in [-0.15, -0.1) is 0 Å². The van der Waals surface area contributed by atoms with Crippen LogP contribution in [0.25, 0.3) is 10.8 Å². The molecule has 0 saturated carbocycles. The van der Waals surface area contributed by atoms with Gasteiger partial charge in [-0.1, -0.05) is 48.5 Å². The quantitative estimate of drug-likeness (QED) is 0.816. The van der Waals surface area contributed by atoms with Crippen LogP contribution in [0.2, 0.25) is 0 Å². The van der Waals surface area contributed by atoms with Gasteiger partial charge in [0.15, 0.2) is 0 Å². The van der Waals surface area contributed by atoms with Gasteiger partial charge in [-0.25, -0.2) is 0 Å². The van der Waals surface area contributed by atoms with Crippen molar-refractivity contribution in [3.8, 4) is 0 Å². The summed E-state index contributed by atoms with van der Waals surface area (Å²) in [5, 5.41) is 5.82. The van der Waals surface area contributed by atoms with Crippen LogP contribution in [0.4, 0.5) is 0 Å². The Bertz CT molecular complexity index is 484. The minimum atomic E-state index is 0.572. The molecule has 0 aliphatic rings. The molecule has 2 aromatic carbocycles. The lowest BCUT2D eigenvalue weighted by Gasteiger charge is -2.06. The summed E-state index contributed by atoms with van der Waals surface area (Å²) in [5.74, 6) is 0. The van der Waals surface area contributed by atoms with Crippen molar-refractivity contribution in [2.45, 2.75) is 6.54 Å². The number of benzene rings is 2. The summed E-state index contributed by atoms with van der Waals surface area (Å²) in [6.07, 6.45) is 3.81. The summed E-state index contributed by atoms with van der Waals surface area (Å²) in [6, 6.07) is 14.8.